The Balaban J connectivity index is 1.01. The van der Waals surface area contributed by atoms with Gasteiger partial charge in [0.1, 0.15) is 5.82 Å². The number of nitrogens with zero attached hydrogens (tertiary/aromatic N) is 3. The summed E-state index contributed by atoms with van der Waals surface area (Å²) in [6.07, 6.45) is 9.58. The number of benzene rings is 7. The van der Waals surface area contributed by atoms with Crippen molar-refractivity contribution >= 4 is 0 Å². The van der Waals surface area contributed by atoms with Crippen molar-refractivity contribution in [2.24, 2.45) is 0 Å². The number of hydrogen-bond acceptors (Lipinski definition) is 3. The molecule has 312 valence electrons. The Kier molecular flexibility index (Phi) is 12.0. The van der Waals surface area contributed by atoms with Gasteiger partial charge >= 0.3 is 0 Å². The van der Waals surface area contributed by atoms with Gasteiger partial charge in [0.2, 0.25) is 0 Å². The number of rotatable bonds is 13. The highest BCUT2D eigenvalue weighted by molar-refractivity contribution is 5.93. The number of pyridine rings is 3. The minimum Gasteiger partial charge on any atom is -0.256 e. The van der Waals surface area contributed by atoms with E-state index in [1.807, 2.05) is 48.9 Å². The maximum atomic E-state index is 13.8. The van der Waals surface area contributed by atoms with Crippen molar-refractivity contribution in [3.63, 3.8) is 0 Å². The molecule has 0 saturated heterocycles. The molecule has 0 saturated carbocycles. The highest BCUT2D eigenvalue weighted by Crippen LogP contribution is 2.40. The van der Waals surface area contributed by atoms with Crippen LogP contribution in [0.2, 0.25) is 0 Å². The van der Waals surface area contributed by atoms with E-state index < -0.39 is 0 Å². The second kappa shape index (κ2) is 19.1. The third kappa shape index (κ3) is 9.63. The normalized spacial score (nSPS) is 11.1. The van der Waals surface area contributed by atoms with Gasteiger partial charge in [-0.25, -0.2) is 4.39 Å². The standard InChI is InChI=1S/C61H46FN3/c62-54-32-30-48(31-33-54)47-26-28-49(29-27-47)57-39-61(52-16-8-3-9-17-52)65-42-58(57)56-19-11-10-18-55(56)53-37-45(22-20-43-24-34-59(63-40-43)50-12-4-1-5-13-50)36-46(38-53)23-21-44-25-35-60(64-41-44)51-14-6-2-7-15-51/h1-19,24-42H,20-23H2. The average molecular weight is 840 g/mol. The summed E-state index contributed by atoms with van der Waals surface area (Å²) in [5.74, 6) is -0.242. The minimum atomic E-state index is -0.242. The second-order valence-electron chi connectivity index (χ2n) is 16.5. The van der Waals surface area contributed by atoms with Crippen molar-refractivity contribution in [1.29, 1.82) is 0 Å². The van der Waals surface area contributed by atoms with Gasteiger partial charge in [0.05, 0.1) is 17.1 Å². The molecule has 0 spiro atoms. The van der Waals surface area contributed by atoms with Gasteiger partial charge in [-0.2, -0.15) is 0 Å². The fourth-order valence-corrected chi connectivity index (χ4v) is 8.62. The van der Waals surface area contributed by atoms with Crippen LogP contribution in [0, 0.1) is 5.82 Å². The summed E-state index contributed by atoms with van der Waals surface area (Å²) in [4.78, 5) is 14.8. The third-order valence-electron chi connectivity index (χ3n) is 12.1. The monoisotopic (exact) mass is 839 g/mol. The summed E-state index contributed by atoms with van der Waals surface area (Å²) in [6, 6.07) is 73.0. The molecule has 10 aromatic rings. The molecular formula is C61H46FN3. The molecule has 3 heterocycles. The quantitative estimate of drug-likeness (QED) is 0.116. The lowest BCUT2D eigenvalue weighted by atomic mass is 9.87. The molecular weight excluding hydrogens is 794 g/mol. The Bertz CT molecular complexity index is 3040. The zero-order valence-corrected chi connectivity index (χ0v) is 36.0. The van der Waals surface area contributed by atoms with Gasteiger partial charge in [0.15, 0.2) is 0 Å². The van der Waals surface area contributed by atoms with Crippen LogP contribution in [0.15, 0.2) is 231 Å². The molecule has 0 unspecified atom stereocenters. The lowest BCUT2D eigenvalue weighted by Gasteiger charge is -2.18. The first-order valence-corrected chi connectivity index (χ1v) is 22.2. The highest BCUT2D eigenvalue weighted by Gasteiger charge is 2.17. The van der Waals surface area contributed by atoms with Crippen LogP contribution in [-0.4, -0.2) is 15.0 Å². The molecule has 0 aliphatic rings. The van der Waals surface area contributed by atoms with Gasteiger partial charge in [-0.15, -0.1) is 0 Å². The van der Waals surface area contributed by atoms with Crippen molar-refractivity contribution in [3.05, 3.63) is 259 Å². The van der Waals surface area contributed by atoms with E-state index in [1.165, 1.54) is 39.9 Å². The molecule has 0 N–H and O–H groups in total. The van der Waals surface area contributed by atoms with E-state index in [2.05, 4.69) is 170 Å². The highest BCUT2D eigenvalue weighted by atomic mass is 19.1. The van der Waals surface area contributed by atoms with E-state index >= 15 is 0 Å². The lowest BCUT2D eigenvalue weighted by molar-refractivity contribution is 0.628. The topological polar surface area (TPSA) is 38.7 Å². The van der Waals surface area contributed by atoms with Crippen LogP contribution in [0.25, 0.3) is 78.3 Å². The van der Waals surface area contributed by atoms with Crippen LogP contribution in [0.5, 0.6) is 0 Å². The first kappa shape index (κ1) is 41.0. The molecule has 65 heavy (non-hydrogen) atoms. The van der Waals surface area contributed by atoms with Gasteiger partial charge < -0.3 is 0 Å². The Morgan fingerprint density at radius 1 is 0.262 bits per heavy atom. The molecule has 0 fully saturated rings. The van der Waals surface area contributed by atoms with Crippen LogP contribution < -0.4 is 0 Å². The van der Waals surface area contributed by atoms with Gasteiger partial charge in [-0.1, -0.05) is 182 Å². The minimum absolute atomic E-state index is 0.242. The fourth-order valence-electron chi connectivity index (χ4n) is 8.62. The van der Waals surface area contributed by atoms with E-state index in [1.54, 1.807) is 0 Å². The SMILES string of the molecule is Fc1ccc(-c2ccc(-c3cc(-c4ccccc4)ncc3-c3ccccc3-c3cc(CCc4ccc(-c5ccccc5)nc4)cc(CCc4ccc(-c5ccccc5)nc4)c3)cc2)cc1. The fraction of sp³-hybridized carbons (Fsp3) is 0.0656. The maximum absolute atomic E-state index is 13.8. The number of hydrogen-bond donors (Lipinski definition) is 0. The molecule has 0 bridgehead atoms. The Labute approximate surface area is 380 Å². The van der Waals surface area contributed by atoms with Crippen molar-refractivity contribution in [2.75, 3.05) is 0 Å². The summed E-state index contributed by atoms with van der Waals surface area (Å²) in [5, 5.41) is 0. The molecule has 10 rings (SSSR count). The molecule has 0 atom stereocenters. The molecule has 4 heteroatoms. The van der Waals surface area contributed by atoms with E-state index in [9.17, 15) is 4.39 Å². The van der Waals surface area contributed by atoms with E-state index in [4.69, 9.17) is 15.0 Å². The zero-order chi connectivity index (χ0) is 43.8. The molecule has 0 radical (unpaired) electrons. The van der Waals surface area contributed by atoms with Crippen molar-refractivity contribution in [1.82, 2.24) is 15.0 Å². The van der Waals surface area contributed by atoms with Crippen LogP contribution in [0.1, 0.15) is 22.3 Å². The van der Waals surface area contributed by atoms with Gasteiger partial charge in [-0.3, -0.25) is 15.0 Å². The molecule has 0 aliphatic heterocycles. The van der Waals surface area contributed by atoms with Crippen molar-refractivity contribution < 1.29 is 4.39 Å². The van der Waals surface area contributed by atoms with Gasteiger partial charge in [0, 0.05) is 40.8 Å². The smallest absolute Gasteiger partial charge is 0.123 e. The summed E-state index contributed by atoms with van der Waals surface area (Å²) in [6.45, 7) is 0. The molecule has 0 amide bonds. The second-order valence-corrected chi connectivity index (χ2v) is 16.5. The zero-order valence-electron chi connectivity index (χ0n) is 36.0. The summed E-state index contributed by atoms with van der Waals surface area (Å²) in [5.41, 5.74) is 19.8. The maximum Gasteiger partial charge on any atom is 0.123 e. The van der Waals surface area contributed by atoms with Gasteiger partial charge in [-0.05, 0) is 117 Å². The number of aromatic nitrogens is 3. The summed E-state index contributed by atoms with van der Waals surface area (Å²) >= 11 is 0. The first-order valence-electron chi connectivity index (χ1n) is 22.2. The van der Waals surface area contributed by atoms with E-state index in [0.29, 0.717) is 0 Å². The molecule has 7 aromatic carbocycles. The van der Waals surface area contributed by atoms with Crippen LogP contribution in [-0.2, 0) is 25.7 Å². The van der Waals surface area contributed by atoms with E-state index in [-0.39, 0.29) is 5.82 Å². The van der Waals surface area contributed by atoms with Crippen LogP contribution >= 0.6 is 0 Å². The molecule has 3 aromatic heterocycles. The number of aryl methyl sites for hydroxylation is 4. The van der Waals surface area contributed by atoms with Crippen molar-refractivity contribution in [3.8, 4) is 78.3 Å². The first-order chi connectivity index (χ1) is 32.1. The van der Waals surface area contributed by atoms with Crippen molar-refractivity contribution in [2.45, 2.75) is 25.7 Å². The largest absolute Gasteiger partial charge is 0.256 e. The van der Waals surface area contributed by atoms with Crippen LogP contribution in [0.4, 0.5) is 4.39 Å². The summed E-state index contributed by atoms with van der Waals surface area (Å²) < 4.78 is 13.8. The van der Waals surface area contributed by atoms with Crippen LogP contribution in [0.3, 0.4) is 0 Å². The van der Waals surface area contributed by atoms with Gasteiger partial charge in [0.25, 0.3) is 0 Å². The molecule has 0 aliphatic carbocycles. The average Bonchev–Trinajstić information content (AvgIpc) is 3.38. The summed E-state index contributed by atoms with van der Waals surface area (Å²) in [7, 11) is 0. The number of halogens is 1. The third-order valence-corrected chi connectivity index (χ3v) is 12.1. The molecule has 3 nitrogen and oxygen atoms in total. The van der Waals surface area contributed by atoms with E-state index in [0.717, 1.165) is 98.4 Å². The Hall–Kier alpha value is -8.08. The predicted molar refractivity (Wildman–Crippen MR) is 266 cm³/mol. The lowest BCUT2D eigenvalue weighted by Crippen LogP contribution is -1.99. The Morgan fingerprint density at radius 3 is 1.20 bits per heavy atom. The Morgan fingerprint density at radius 2 is 0.692 bits per heavy atom. The predicted octanol–water partition coefficient (Wildman–Crippen LogP) is 15.3.